The van der Waals surface area contributed by atoms with Gasteiger partial charge in [0.05, 0.1) is 6.61 Å². The fraction of sp³-hybridized carbons (Fsp3) is 0.364. The van der Waals surface area contributed by atoms with Crippen molar-refractivity contribution in [2.24, 2.45) is 0 Å². The van der Waals surface area contributed by atoms with Gasteiger partial charge in [0, 0.05) is 0 Å². The molecule has 1 N–H and O–H groups in total. The van der Waals surface area contributed by atoms with Crippen LogP contribution in [0.3, 0.4) is 0 Å². The van der Waals surface area contributed by atoms with Crippen LogP contribution in [0, 0.1) is 0 Å². The zero-order valence-electron chi connectivity index (χ0n) is 9.80. The molecule has 2 atom stereocenters. The summed E-state index contributed by atoms with van der Waals surface area (Å²) < 4.78 is 21.5. The second kappa shape index (κ2) is 7.09. The van der Waals surface area contributed by atoms with Crippen molar-refractivity contribution < 1.29 is 18.6 Å². The first-order valence-electron chi connectivity index (χ1n) is 5.33. The Morgan fingerprint density at radius 3 is 2.65 bits per heavy atom. The molecule has 0 saturated carbocycles. The monoisotopic (exact) mass is 257 g/mol. The van der Waals surface area contributed by atoms with Gasteiger partial charge in [-0.15, -0.1) is 0 Å². The van der Waals surface area contributed by atoms with E-state index in [0.29, 0.717) is 12.4 Å². The Morgan fingerprint density at radius 1 is 1.41 bits per heavy atom. The number of ether oxygens (including phenoxy) is 1. The average Bonchev–Trinajstić information content (AvgIpc) is 2.30. The van der Waals surface area contributed by atoms with Gasteiger partial charge in [0.1, 0.15) is 11.8 Å². The van der Waals surface area contributed by atoms with E-state index in [1.165, 1.54) is 0 Å². The van der Waals surface area contributed by atoms with Gasteiger partial charge in [-0.25, -0.2) is 5.09 Å². The van der Waals surface area contributed by atoms with Crippen molar-refractivity contribution in [3.8, 4) is 5.75 Å². The number of rotatable bonds is 6. The third-order valence-electron chi connectivity index (χ3n) is 1.93. The highest BCUT2D eigenvalue weighted by Crippen LogP contribution is 2.23. The molecule has 0 radical (unpaired) electrons. The van der Waals surface area contributed by atoms with Crippen LogP contribution in [0.25, 0.3) is 0 Å². The maximum Gasteiger partial charge on any atom is 0.323 e. The number of nitrogens with one attached hydrogen (secondary N) is 1. The van der Waals surface area contributed by atoms with Gasteiger partial charge in [-0.2, -0.15) is 0 Å². The fourth-order valence-electron chi connectivity index (χ4n) is 1.13. The summed E-state index contributed by atoms with van der Waals surface area (Å²) in [5.41, 5.74) is 0. The van der Waals surface area contributed by atoms with Crippen molar-refractivity contribution in [1.29, 1.82) is 0 Å². The first kappa shape index (κ1) is 13.7. The Hall–Kier alpha value is -1.32. The number of hydrogen-bond donors (Lipinski definition) is 1. The average molecular weight is 257 g/mol. The molecule has 0 amide bonds. The molecule has 0 aliphatic rings. The van der Waals surface area contributed by atoms with Crippen molar-refractivity contribution in [3.63, 3.8) is 0 Å². The number of para-hydroxylation sites is 1. The molecule has 0 aromatic heterocycles. The fourth-order valence-corrected chi connectivity index (χ4v) is 2.01. The van der Waals surface area contributed by atoms with Crippen LogP contribution in [0.4, 0.5) is 0 Å². The van der Waals surface area contributed by atoms with E-state index in [1.54, 1.807) is 38.1 Å². The number of esters is 1. The quantitative estimate of drug-likeness (QED) is 0.623. The van der Waals surface area contributed by atoms with Crippen LogP contribution >= 0.6 is 8.18 Å². The van der Waals surface area contributed by atoms with Crippen molar-refractivity contribution in [2.75, 3.05) is 6.61 Å². The predicted octanol–water partition coefficient (Wildman–Crippen LogP) is 2.00. The van der Waals surface area contributed by atoms with E-state index in [2.05, 4.69) is 5.09 Å². The molecule has 0 aliphatic heterocycles. The predicted molar refractivity (Wildman–Crippen MR) is 65.3 cm³/mol. The maximum atomic E-state index is 11.6. The molecule has 6 heteroatoms. The van der Waals surface area contributed by atoms with Gasteiger partial charge in [0.25, 0.3) is 0 Å². The van der Waals surface area contributed by atoms with Gasteiger partial charge in [0.2, 0.25) is 0 Å². The van der Waals surface area contributed by atoms with Crippen molar-refractivity contribution >= 4 is 14.1 Å². The molecule has 1 rings (SSSR count). The van der Waals surface area contributed by atoms with Gasteiger partial charge in [-0.1, -0.05) is 18.2 Å². The highest BCUT2D eigenvalue weighted by atomic mass is 31.1. The smallest absolute Gasteiger partial charge is 0.323 e. The first-order valence-corrected chi connectivity index (χ1v) is 6.65. The molecule has 1 unspecified atom stereocenters. The molecule has 5 nitrogen and oxygen atoms in total. The van der Waals surface area contributed by atoms with Gasteiger partial charge < -0.3 is 9.26 Å². The Morgan fingerprint density at radius 2 is 2.06 bits per heavy atom. The summed E-state index contributed by atoms with van der Waals surface area (Å²) in [5, 5.41) is 2.56. The van der Waals surface area contributed by atoms with Crippen molar-refractivity contribution in [3.05, 3.63) is 30.3 Å². The second-order valence-corrected chi connectivity index (χ2v) is 4.39. The number of hydrogen-bond acceptors (Lipinski definition) is 4. The van der Waals surface area contributed by atoms with Gasteiger partial charge in [0.15, 0.2) is 0 Å². The zero-order chi connectivity index (χ0) is 12.7. The molecule has 1 aromatic rings. The molecule has 17 heavy (non-hydrogen) atoms. The van der Waals surface area contributed by atoms with Gasteiger partial charge in [-0.3, -0.25) is 9.36 Å². The highest BCUT2D eigenvalue weighted by Gasteiger charge is 2.16. The summed E-state index contributed by atoms with van der Waals surface area (Å²) in [6, 6.07) is 8.13. The van der Waals surface area contributed by atoms with Gasteiger partial charge in [-0.05, 0) is 26.0 Å². The van der Waals surface area contributed by atoms with E-state index in [9.17, 15) is 9.36 Å². The van der Waals surface area contributed by atoms with Crippen molar-refractivity contribution in [2.45, 2.75) is 19.9 Å². The molecule has 0 bridgehead atoms. The molecule has 1 aromatic carbocycles. The van der Waals surface area contributed by atoms with Crippen LogP contribution in [0.15, 0.2) is 30.3 Å². The minimum atomic E-state index is -2.50. The molecule has 0 heterocycles. The minimum Gasteiger partial charge on any atom is -0.465 e. The first-order chi connectivity index (χ1) is 8.13. The summed E-state index contributed by atoms with van der Waals surface area (Å²) in [5.74, 6) is 0.0578. The molecular weight excluding hydrogens is 241 g/mol. The SMILES string of the molecule is CCOC(=O)[C@H](C)N[PH](=O)Oc1ccccc1. The molecule has 94 valence electrons. The molecule has 0 fully saturated rings. The van der Waals surface area contributed by atoms with E-state index in [1.807, 2.05) is 6.07 Å². The molecule has 0 spiro atoms. The van der Waals surface area contributed by atoms with E-state index in [0.717, 1.165) is 0 Å². The number of carbonyl (C=O) groups is 1. The van der Waals surface area contributed by atoms with Crippen LogP contribution in [0.5, 0.6) is 5.75 Å². The Kier molecular flexibility index (Phi) is 5.73. The summed E-state index contributed by atoms with van der Waals surface area (Å²) in [6.07, 6.45) is 0. The lowest BCUT2D eigenvalue weighted by molar-refractivity contribution is -0.144. The van der Waals surface area contributed by atoms with Crippen molar-refractivity contribution in [1.82, 2.24) is 5.09 Å². The lowest BCUT2D eigenvalue weighted by Gasteiger charge is -2.12. The van der Waals surface area contributed by atoms with Crippen LogP contribution in [-0.4, -0.2) is 18.6 Å². The number of benzene rings is 1. The largest absolute Gasteiger partial charge is 0.465 e. The lowest BCUT2D eigenvalue weighted by atomic mass is 10.3. The van der Waals surface area contributed by atoms with Crippen LogP contribution in [0.2, 0.25) is 0 Å². The van der Waals surface area contributed by atoms with Crippen LogP contribution < -0.4 is 9.61 Å². The lowest BCUT2D eigenvalue weighted by Crippen LogP contribution is -2.31. The minimum absolute atomic E-state index is 0.297. The van der Waals surface area contributed by atoms with E-state index < -0.39 is 20.2 Å². The van der Waals surface area contributed by atoms with Crippen LogP contribution in [-0.2, 0) is 14.1 Å². The van der Waals surface area contributed by atoms with E-state index in [4.69, 9.17) is 9.26 Å². The Labute approximate surface area is 101 Å². The molecule has 0 aliphatic carbocycles. The van der Waals surface area contributed by atoms with E-state index >= 15 is 0 Å². The summed E-state index contributed by atoms with van der Waals surface area (Å²) in [4.78, 5) is 11.3. The highest BCUT2D eigenvalue weighted by molar-refractivity contribution is 7.37. The normalized spacial score (nSPS) is 13.8. The van der Waals surface area contributed by atoms with Crippen LogP contribution in [0.1, 0.15) is 13.8 Å². The topological polar surface area (TPSA) is 64.6 Å². The standard InChI is InChI=1S/C11H16NO4P/c1-3-15-11(13)9(2)12-17(14)16-10-7-5-4-6-8-10/h4-9,17H,3H2,1-2H3,(H,12,14)/t9-/m0/s1. The third-order valence-corrected chi connectivity index (χ3v) is 3.02. The summed E-state index contributed by atoms with van der Waals surface area (Å²) in [7, 11) is -2.50. The molecule has 0 saturated heterocycles. The second-order valence-electron chi connectivity index (χ2n) is 3.32. The third kappa shape index (κ3) is 5.02. The zero-order valence-corrected chi connectivity index (χ0v) is 10.8. The Bertz CT molecular complexity index is 382. The maximum absolute atomic E-state index is 11.6. The van der Waals surface area contributed by atoms with E-state index in [-0.39, 0.29) is 0 Å². The molecular formula is C11H16NO4P. The Balaban J connectivity index is 2.42. The summed E-state index contributed by atoms with van der Waals surface area (Å²) in [6.45, 7) is 3.59. The number of carbonyl (C=O) groups excluding carboxylic acids is 1. The summed E-state index contributed by atoms with van der Waals surface area (Å²) >= 11 is 0. The van der Waals surface area contributed by atoms with Gasteiger partial charge >= 0.3 is 14.1 Å².